The van der Waals surface area contributed by atoms with Crippen molar-refractivity contribution in [3.8, 4) is 0 Å². The van der Waals surface area contributed by atoms with Crippen molar-refractivity contribution < 1.29 is 18.0 Å². The number of halogens is 1. The van der Waals surface area contributed by atoms with Gasteiger partial charge in [0.25, 0.3) is 0 Å². The van der Waals surface area contributed by atoms with Gasteiger partial charge in [-0.05, 0) is 55.7 Å². The number of carbonyl (C=O) groups is 2. The van der Waals surface area contributed by atoms with Crippen molar-refractivity contribution in [3.63, 3.8) is 0 Å². The fourth-order valence-corrected chi connectivity index (χ4v) is 7.89. The molecular formula is C24H34BrN3O4S. The first-order valence-corrected chi connectivity index (χ1v) is 14.4. The Kier molecular flexibility index (Phi) is 7.50. The maximum Gasteiger partial charge on any atom is 0.245 e. The summed E-state index contributed by atoms with van der Waals surface area (Å²) in [6, 6.07) is 3.68. The largest absolute Gasteiger partial charge is 0.353 e. The zero-order valence-corrected chi connectivity index (χ0v) is 21.9. The van der Waals surface area contributed by atoms with Crippen LogP contribution in [0.25, 0.3) is 0 Å². The molecular weight excluding hydrogens is 506 g/mol. The Hall–Kier alpha value is -1.45. The Labute approximate surface area is 205 Å². The number of benzene rings is 1. The Morgan fingerprint density at radius 2 is 1.88 bits per heavy atom. The van der Waals surface area contributed by atoms with Gasteiger partial charge < -0.3 is 10.2 Å². The van der Waals surface area contributed by atoms with Gasteiger partial charge in [-0.25, -0.2) is 8.42 Å². The van der Waals surface area contributed by atoms with Gasteiger partial charge in [0.05, 0.1) is 11.6 Å². The number of fused-ring (bicyclic) bond motifs is 1. The molecule has 0 radical (unpaired) electrons. The van der Waals surface area contributed by atoms with Crippen LogP contribution in [0.5, 0.6) is 0 Å². The molecule has 2 amide bonds. The number of piperidine rings is 1. The average Bonchev–Trinajstić information content (AvgIpc) is 3.23. The number of carbonyl (C=O) groups excluding carboxylic acids is 2. The van der Waals surface area contributed by atoms with Crippen LogP contribution in [0.15, 0.2) is 21.5 Å². The maximum atomic E-state index is 13.8. The highest BCUT2D eigenvalue weighted by Gasteiger charge is 2.38. The molecule has 182 valence electrons. The van der Waals surface area contributed by atoms with Crippen LogP contribution in [0.3, 0.4) is 0 Å². The highest BCUT2D eigenvalue weighted by Crippen LogP contribution is 2.40. The number of hydrogen-bond acceptors (Lipinski definition) is 4. The van der Waals surface area contributed by atoms with Crippen molar-refractivity contribution in [2.75, 3.05) is 24.5 Å². The number of nitrogens with one attached hydrogen (secondary N) is 1. The van der Waals surface area contributed by atoms with E-state index < -0.39 is 10.0 Å². The predicted molar refractivity (Wildman–Crippen MR) is 132 cm³/mol. The molecule has 7 nitrogen and oxygen atoms in total. The molecule has 0 bridgehead atoms. The van der Waals surface area contributed by atoms with Crippen LogP contribution >= 0.6 is 15.9 Å². The molecule has 3 unspecified atom stereocenters. The first kappa shape index (κ1) is 24.7. The minimum absolute atomic E-state index is 0.0316. The quantitative estimate of drug-likeness (QED) is 0.615. The van der Waals surface area contributed by atoms with E-state index in [1.54, 1.807) is 17.9 Å². The van der Waals surface area contributed by atoms with Crippen molar-refractivity contribution in [2.24, 2.45) is 11.8 Å². The third-order valence-electron chi connectivity index (χ3n) is 7.41. The molecule has 1 saturated heterocycles. The van der Waals surface area contributed by atoms with E-state index in [0.29, 0.717) is 54.9 Å². The van der Waals surface area contributed by atoms with Crippen molar-refractivity contribution in [1.82, 2.24) is 9.62 Å². The molecule has 1 aromatic rings. The van der Waals surface area contributed by atoms with Crippen LogP contribution < -0.4 is 10.2 Å². The molecule has 3 atom stereocenters. The summed E-state index contributed by atoms with van der Waals surface area (Å²) in [6.45, 7) is 5.02. The third-order valence-corrected chi connectivity index (χ3v) is 9.75. The van der Waals surface area contributed by atoms with Gasteiger partial charge in [0.1, 0.15) is 4.90 Å². The Morgan fingerprint density at radius 1 is 1.12 bits per heavy atom. The molecule has 1 aromatic carbocycles. The molecule has 9 heteroatoms. The number of nitrogens with zero attached hydrogens (tertiary/aromatic N) is 2. The van der Waals surface area contributed by atoms with Gasteiger partial charge in [0.2, 0.25) is 21.8 Å². The van der Waals surface area contributed by atoms with Crippen LogP contribution in [0.4, 0.5) is 5.69 Å². The first-order chi connectivity index (χ1) is 15.7. The smallest absolute Gasteiger partial charge is 0.245 e. The van der Waals surface area contributed by atoms with Crippen LogP contribution in [-0.2, 0) is 26.0 Å². The molecule has 1 N–H and O–H groups in total. The summed E-state index contributed by atoms with van der Waals surface area (Å²) < 4.78 is 29.7. The van der Waals surface area contributed by atoms with Crippen LogP contribution in [0.1, 0.15) is 64.4 Å². The minimum Gasteiger partial charge on any atom is -0.353 e. The van der Waals surface area contributed by atoms with Crippen LogP contribution in [-0.4, -0.2) is 50.2 Å². The summed E-state index contributed by atoms with van der Waals surface area (Å²) in [5, 5.41) is 3.21. The summed E-state index contributed by atoms with van der Waals surface area (Å²) in [4.78, 5) is 27.3. The first-order valence-electron chi connectivity index (χ1n) is 12.2. The fraction of sp³-hybridized carbons (Fsp3) is 0.667. The Balaban J connectivity index is 1.57. The molecule has 3 aliphatic rings. The highest BCUT2D eigenvalue weighted by atomic mass is 79.9. The molecule has 1 saturated carbocycles. The van der Waals surface area contributed by atoms with Gasteiger partial charge in [-0.3, -0.25) is 9.59 Å². The minimum atomic E-state index is -3.87. The van der Waals surface area contributed by atoms with Gasteiger partial charge in [0, 0.05) is 36.6 Å². The molecule has 2 heterocycles. The molecule has 0 aromatic heterocycles. The van der Waals surface area contributed by atoms with E-state index in [1.807, 2.05) is 6.07 Å². The summed E-state index contributed by atoms with van der Waals surface area (Å²) in [7, 11) is -3.87. The highest BCUT2D eigenvalue weighted by molar-refractivity contribution is 9.10. The van der Waals surface area contributed by atoms with Gasteiger partial charge in [-0.1, -0.05) is 42.6 Å². The molecule has 2 aliphatic heterocycles. The topological polar surface area (TPSA) is 86.8 Å². The monoisotopic (exact) mass is 539 g/mol. The number of anilines is 1. The Morgan fingerprint density at radius 3 is 2.61 bits per heavy atom. The lowest BCUT2D eigenvalue weighted by Crippen LogP contribution is -2.49. The van der Waals surface area contributed by atoms with Crippen LogP contribution in [0, 0.1) is 11.8 Å². The number of sulfonamides is 1. The molecule has 1 aliphatic carbocycles. The van der Waals surface area contributed by atoms with Gasteiger partial charge >= 0.3 is 0 Å². The van der Waals surface area contributed by atoms with Gasteiger partial charge in [0.15, 0.2) is 0 Å². The number of amides is 2. The van der Waals surface area contributed by atoms with E-state index in [-0.39, 0.29) is 35.2 Å². The summed E-state index contributed by atoms with van der Waals surface area (Å²) in [6.07, 6.45) is 6.73. The van der Waals surface area contributed by atoms with Crippen molar-refractivity contribution in [3.05, 3.63) is 22.2 Å². The molecule has 0 spiro atoms. The van der Waals surface area contributed by atoms with E-state index in [2.05, 4.69) is 28.2 Å². The average molecular weight is 541 g/mol. The van der Waals surface area contributed by atoms with E-state index in [0.717, 1.165) is 24.8 Å². The van der Waals surface area contributed by atoms with Crippen molar-refractivity contribution in [1.29, 1.82) is 0 Å². The molecule has 33 heavy (non-hydrogen) atoms. The standard InChI is InChI=1S/C24H34BrN3O4S/c1-3-22(29)28-12-10-17-13-19(25)14-21(23(17)28)33(31,32)27-11-6-8-18(15-27)24(30)26-20-9-5-4-7-16(20)2/h13-14,16,18,20H,3-12,15H2,1-2H3,(H,26,30). The van der Waals surface area contributed by atoms with Crippen molar-refractivity contribution in [2.45, 2.75) is 76.2 Å². The van der Waals surface area contributed by atoms with E-state index >= 15 is 0 Å². The Bertz CT molecular complexity index is 1030. The van der Waals surface area contributed by atoms with Gasteiger partial charge in [-0.2, -0.15) is 4.31 Å². The van der Waals surface area contributed by atoms with E-state index in [9.17, 15) is 18.0 Å². The SMILES string of the molecule is CCC(=O)N1CCc2cc(Br)cc(S(=O)(=O)N3CCCC(C(=O)NC4CCCCC4C)C3)c21. The summed E-state index contributed by atoms with van der Waals surface area (Å²) >= 11 is 3.45. The lowest BCUT2D eigenvalue weighted by atomic mass is 9.85. The fourth-order valence-electron chi connectivity index (χ4n) is 5.45. The number of rotatable bonds is 5. The zero-order valence-electron chi connectivity index (χ0n) is 19.5. The zero-order chi connectivity index (χ0) is 23.8. The van der Waals surface area contributed by atoms with E-state index in [1.165, 1.54) is 10.7 Å². The molecule has 4 rings (SSSR count). The summed E-state index contributed by atoms with van der Waals surface area (Å²) in [5.41, 5.74) is 1.37. The summed E-state index contributed by atoms with van der Waals surface area (Å²) in [5.74, 6) is -0.00497. The second kappa shape index (κ2) is 10.0. The van der Waals surface area contributed by atoms with Crippen LogP contribution in [0.2, 0.25) is 0 Å². The van der Waals surface area contributed by atoms with Gasteiger partial charge in [-0.15, -0.1) is 0 Å². The second-order valence-corrected chi connectivity index (χ2v) is 12.5. The predicted octanol–water partition coefficient (Wildman–Crippen LogP) is 3.84. The lowest BCUT2D eigenvalue weighted by Gasteiger charge is -2.35. The molecule has 2 fully saturated rings. The lowest BCUT2D eigenvalue weighted by molar-refractivity contribution is -0.127. The number of hydrogen-bond donors (Lipinski definition) is 1. The van der Waals surface area contributed by atoms with Crippen molar-refractivity contribution >= 4 is 43.5 Å². The normalized spacial score (nSPS) is 26.2. The maximum absolute atomic E-state index is 13.8. The van der Waals surface area contributed by atoms with E-state index in [4.69, 9.17) is 0 Å². The third kappa shape index (κ3) is 5.00. The second-order valence-electron chi connectivity index (χ2n) is 9.64.